The highest BCUT2D eigenvalue weighted by atomic mass is 19.3. The predicted molar refractivity (Wildman–Crippen MR) is 92.2 cm³/mol. The summed E-state index contributed by atoms with van der Waals surface area (Å²) in [5, 5.41) is 0. The molecule has 0 aliphatic carbocycles. The lowest BCUT2D eigenvalue weighted by molar-refractivity contribution is -0.134. The Labute approximate surface area is 150 Å². The molecule has 0 N–H and O–H groups in total. The van der Waals surface area contributed by atoms with Crippen molar-refractivity contribution in [3.63, 3.8) is 0 Å². The number of halogens is 3. The molecule has 0 spiro atoms. The third-order valence-corrected chi connectivity index (χ3v) is 4.02. The predicted octanol–water partition coefficient (Wildman–Crippen LogP) is 5.53. The summed E-state index contributed by atoms with van der Waals surface area (Å²) in [6.07, 6.45) is -1.95. The highest BCUT2D eigenvalue weighted by Gasteiger charge is 2.19. The van der Waals surface area contributed by atoms with Gasteiger partial charge in [0.15, 0.2) is 0 Å². The first-order chi connectivity index (χ1) is 12.4. The molecule has 140 valence electrons. The van der Waals surface area contributed by atoms with Gasteiger partial charge in [0.2, 0.25) is 0 Å². The number of carbonyl (C=O) groups is 1. The van der Waals surface area contributed by atoms with Gasteiger partial charge in [0.1, 0.15) is 23.9 Å². The molecule has 0 aromatic heterocycles. The summed E-state index contributed by atoms with van der Waals surface area (Å²) in [6, 6.07) is 7.25. The van der Waals surface area contributed by atoms with Crippen LogP contribution < -0.4 is 9.47 Å². The molecule has 0 bridgehead atoms. The molecule has 0 aliphatic rings. The van der Waals surface area contributed by atoms with E-state index in [0.717, 1.165) is 17.7 Å². The lowest BCUT2D eigenvalue weighted by Gasteiger charge is -2.17. The standard InChI is InChI=1S/C20H21F3O3/c1-4-13-7-6-8-17(26-19(24)5-2)15(13)11-25-18-10-16(21)12(3)9-14(18)20(22)23/h6-10,20H,4-5,11H2,1-3H3. The quantitative estimate of drug-likeness (QED) is 0.477. The number of ether oxygens (including phenoxy) is 2. The molecule has 3 nitrogen and oxygen atoms in total. The number of alkyl halides is 2. The van der Waals surface area contributed by atoms with Crippen LogP contribution in [0.15, 0.2) is 30.3 Å². The minimum Gasteiger partial charge on any atom is -0.488 e. The molecule has 0 atom stereocenters. The molecular weight excluding hydrogens is 345 g/mol. The highest BCUT2D eigenvalue weighted by molar-refractivity contribution is 5.72. The van der Waals surface area contributed by atoms with Crippen LogP contribution >= 0.6 is 0 Å². The molecule has 6 heteroatoms. The Morgan fingerprint density at radius 2 is 1.88 bits per heavy atom. The number of rotatable bonds is 7. The topological polar surface area (TPSA) is 35.5 Å². The maximum atomic E-state index is 13.8. The van der Waals surface area contributed by atoms with Crippen molar-refractivity contribution in [1.29, 1.82) is 0 Å². The fourth-order valence-electron chi connectivity index (χ4n) is 2.53. The summed E-state index contributed by atoms with van der Waals surface area (Å²) in [7, 11) is 0. The van der Waals surface area contributed by atoms with Crippen LogP contribution in [0.2, 0.25) is 0 Å². The maximum absolute atomic E-state index is 13.8. The van der Waals surface area contributed by atoms with Gasteiger partial charge < -0.3 is 9.47 Å². The molecule has 2 aromatic carbocycles. The van der Waals surface area contributed by atoms with Crippen molar-refractivity contribution in [2.45, 2.75) is 46.6 Å². The molecule has 0 saturated heterocycles. The first-order valence-electron chi connectivity index (χ1n) is 8.39. The molecule has 0 heterocycles. The Bertz CT molecular complexity index is 788. The Hall–Kier alpha value is -2.50. The molecule has 0 radical (unpaired) electrons. The second-order valence-corrected chi connectivity index (χ2v) is 5.80. The van der Waals surface area contributed by atoms with Crippen molar-refractivity contribution in [1.82, 2.24) is 0 Å². The van der Waals surface area contributed by atoms with Crippen LogP contribution in [0, 0.1) is 12.7 Å². The fraction of sp³-hybridized carbons (Fsp3) is 0.350. The molecule has 2 rings (SSSR count). The van der Waals surface area contributed by atoms with E-state index in [1.165, 1.54) is 6.92 Å². The van der Waals surface area contributed by atoms with Gasteiger partial charge in [0.25, 0.3) is 6.43 Å². The minimum atomic E-state index is -2.79. The van der Waals surface area contributed by atoms with E-state index in [4.69, 9.17) is 9.47 Å². The van der Waals surface area contributed by atoms with Gasteiger partial charge in [-0.15, -0.1) is 0 Å². The average Bonchev–Trinajstić information content (AvgIpc) is 2.62. The van der Waals surface area contributed by atoms with Crippen LogP contribution in [0.25, 0.3) is 0 Å². The summed E-state index contributed by atoms with van der Waals surface area (Å²) in [5.74, 6) is -0.927. The number of hydrogen-bond acceptors (Lipinski definition) is 3. The Balaban J connectivity index is 2.35. The summed E-state index contributed by atoms with van der Waals surface area (Å²) < 4.78 is 51.1. The number of esters is 1. The monoisotopic (exact) mass is 366 g/mol. The third-order valence-electron chi connectivity index (χ3n) is 4.02. The Morgan fingerprint density at radius 1 is 1.15 bits per heavy atom. The smallest absolute Gasteiger partial charge is 0.310 e. The molecule has 0 aliphatic heterocycles. The SMILES string of the molecule is CCC(=O)Oc1cccc(CC)c1COc1cc(F)c(C)cc1C(F)F. The first-order valence-corrected chi connectivity index (χ1v) is 8.39. The van der Waals surface area contributed by atoms with Crippen molar-refractivity contribution >= 4 is 5.97 Å². The van der Waals surface area contributed by atoms with Crippen LogP contribution in [0.4, 0.5) is 13.2 Å². The van der Waals surface area contributed by atoms with E-state index in [1.807, 2.05) is 13.0 Å². The third kappa shape index (κ3) is 4.56. The van der Waals surface area contributed by atoms with Crippen molar-refractivity contribution < 1.29 is 27.4 Å². The van der Waals surface area contributed by atoms with Gasteiger partial charge in [-0.05, 0) is 36.6 Å². The van der Waals surface area contributed by atoms with E-state index < -0.39 is 18.2 Å². The molecule has 0 unspecified atom stereocenters. The van der Waals surface area contributed by atoms with Crippen LogP contribution in [-0.2, 0) is 17.8 Å². The Morgan fingerprint density at radius 3 is 2.50 bits per heavy atom. The van der Waals surface area contributed by atoms with Gasteiger partial charge >= 0.3 is 5.97 Å². The number of aryl methyl sites for hydroxylation is 2. The normalized spacial score (nSPS) is 10.9. The van der Waals surface area contributed by atoms with E-state index in [0.29, 0.717) is 17.7 Å². The van der Waals surface area contributed by atoms with E-state index in [-0.39, 0.29) is 29.9 Å². The zero-order valence-electron chi connectivity index (χ0n) is 14.9. The second kappa shape index (κ2) is 8.74. The molecule has 0 amide bonds. The fourth-order valence-corrected chi connectivity index (χ4v) is 2.53. The summed E-state index contributed by atoms with van der Waals surface area (Å²) in [5.41, 5.74) is 1.19. The van der Waals surface area contributed by atoms with E-state index >= 15 is 0 Å². The summed E-state index contributed by atoms with van der Waals surface area (Å²) in [6.45, 7) is 4.89. The lowest BCUT2D eigenvalue weighted by atomic mass is 10.0. The number of hydrogen-bond donors (Lipinski definition) is 0. The molecule has 26 heavy (non-hydrogen) atoms. The van der Waals surface area contributed by atoms with Crippen molar-refractivity contribution in [3.8, 4) is 11.5 Å². The summed E-state index contributed by atoms with van der Waals surface area (Å²) >= 11 is 0. The van der Waals surface area contributed by atoms with Crippen molar-refractivity contribution in [2.75, 3.05) is 0 Å². The van der Waals surface area contributed by atoms with E-state index in [2.05, 4.69) is 0 Å². The molecular formula is C20H21F3O3. The number of benzene rings is 2. The molecule has 0 saturated carbocycles. The van der Waals surface area contributed by atoms with Crippen LogP contribution in [-0.4, -0.2) is 5.97 Å². The Kier molecular flexibility index (Phi) is 6.66. The minimum absolute atomic E-state index is 0.113. The van der Waals surface area contributed by atoms with Crippen molar-refractivity contribution in [2.24, 2.45) is 0 Å². The van der Waals surface area contributed by atoms with Gasteiger partial charge in [-0.1, -0.05) is 26.0 Å². The lowest BCUT2D eigenvalue weighted by Crippen LogP contribution is -2.10. The van der Waals surface area contributed by atoms with Crippen molar-refractivity contribution in [3.05, 3.63) is 58.4 Å². The maximum Gasteiger partial charge on any atom is 0.310 e. The van der Waals surface area contributed by atoms with Gasteiger partial charge in [-0.3, -0.25) is 4.79 Å². The summed E-state index contributed by atoms with van der Waals surface area (Å²) in [4.78, 5) is 11.6. The van der Waals surface area contributed by atoms with Crippen LogP contribution in [0.3, 0.4) is 0 Å². The van der Waals surface area contributed by atoms with Gasteiger partial charge in [-0.25, -0.2) is 13.2 Å². The molecule has 2 aromatic rings. The van der Waals surface area contributed by atoms with Crippen LogP contribution in [0.5, 0.6) is 11.5 Å². The highest BCUT2D eigenvalue weighted by Crippen LogP contribution is 2.33. The first kappa shape index (κ1) is 19.8. The number of carbonyl (C=O) groups excluding carboxylic acids is 1. The zero-order chi connectivity index (χ0) is 19.3. The average molecular weight is 366 g/mol. The van der Waals surface area contributed by atoms with Crippen LogP contribution in [0.1, 0.15) is 48.9 Å². The molecule has 0 fully saturated rings. The van der Waals surface area contributed by atoms with Gasteiger partial charge in [0, 0.05) is 18.1 Å². The van der Waals surface area contributed by atoms with Gasteiger partial charge in [-0.2, -0.15) is 0 Å². The van der Waals surface area contributed by atoms with E-state index in [1.54, 1.807) is 19.1 Å². The van der Waals surface area contributed by atoms with E-state index in [9.17, 15) is 18.0 Å². The zero-order valence-corrected chi connectivity index (χ0v) is 14.9. The second-order valence-electron chi connectivity index (χ2n) is 5.80. The largest absolute Gasteiger partial charge is 0.488 e. The van der Waals surface area contributed by atoms with Gasteiger partial charge in [0.05, 0.1) is 5.56 Å².